The first kappa shape index (κ1) is 12.7. The van der Waals surface area contributed by atoms with Crippen LogP contribution in [0.5, 0.6) is 0 Å². The largest absolute Gasteiger partial charge is 0.271 e. The molecular weight excluding hydrogens is 224 g/mol. The standard InChI is InChI=1S/C14H18N4/c1-10-3-5-12(6-4-10)7-13(18-15)14-16-8-11(2)9-17-14/h3-6,8-9,13,18H,7,15H2,1-2H3. The van der Waals surface area contributed by atoms with Crippen LogP contribution in [0.3, 0.4) is 0 Å². The minimum absolute atomic E-state index is 0.0618. The molecule has 0 radical (unpaired) electrons. The molecule has 1 aromatic carbocycles. The maximum Gasteiger partial charge on any atom is 0.146 e. The van der Waals surface area contributed by atoms with Crippen molar-refractivity contribution in [2.75, 3.05) is 0 Å². The molecule has 0 saturated carbocycles. The highest BCUT2D eigenvalue weighted by atomic mass is 15.2. The number of aromatic nitrogens is 2. The second kappa shape index (κ2) is 5.71. The molecule has 1 unspecified atom stereocenters. The third kappa shape index (κ3) is 3.12. The lowest BCUT2D eigenvalue weighted by atomic mass is 10.0. The van der Waals surface area contributed by atoms with E-state index in [2.05, 4.69) is 46.6 Å². The molecule has 0 aliphatic heterocycles. The van der Waals surface area contributed by atoms with Gasteiger partial charge in [-0.2, -0.15) is 0 Å². The molecule has 0 fully saturated rings. The number of aryl methyl sites for hydroxylation is 2. The summed E-state index contributed by atoms with van der Waals surface area (Å²) in [4.78, 5) is 8.62. The van der Waals surface area contributed by atoms with Gasteiger partial charge in [-0.3, -0.25) is 5.84 Å². The minimum Gasteiger partial charge on any atom is -0.271 e. The van der Waals surface area contributed by atoms with E-state index >= 15 is 0 Å². The predicted octanol–water partition coefficient (Wildman–Crippen LogP) is 1.84. The van der Waals surface area contributed by atoms with E-state index in [0.29, 0.717) is 0 Å². The smallest absolute Gasteiger partial charge is 0.146 e. The van der Waals surface area contributed by atoms with Crippen molar-refractivity contribution in [3.8, 4) is 0 Å². The van der Waals surface area contributed by atoms with E-state index < -0.39 is 0 Å². The van der Waals surface area contributed by atoms with Gasteiger partial charge in [-0.25, -0.2) is 15.4 Å². The number of hydrogen-bond donors (Lipinski definition) is 2. The zero-order chi connectivity index (χ0) is 13.0. The van der Waals surface area contributed by atoms with Gasteiger partial charge < -0.3 is 0 Å². The highest BCUT2D eigenvalue weighted by molar-refractivity contribution is 5.22. The zero-order valence-corrected chi connectivity index (χ0v) is 10.7. The Morgan fingerprint density at radius 3 is 2.22 bits per heavy atom. The quantitative estimate of drug-likeness (QED) is 0.634. The van der Waals surface area contributed by atoms with Crippen molar-refractivity contribution in [2.45, 2.75) is 26.3 Å². The van der Waals surface area contributed by atoms with Crippen molar-refractivity contribution in [1.82, 2.24) is 15.4 Å². The van der Waals surface area contributed by atoms with Gasteiger partial charge in [0.25, 0.3) is 0 Å². The Kier molecular flexibility index (Phi) is 4.02. The topological polar surface area (TPSA) is 63.8 Å². The molecule has 4 nitrogen and oxygen atoms in total. The molecule has 2 aromatic rings. The molecule has 2 rings (SSSR count). The average Bonchev–Trinajstić information content (AvgIpc) is 2.39. The number of rotatable bonds is 4. The summed E-state index contributed by atoms with van der Waals surface area (Å²) in [5.74, 6) is 6.32. The Morgan fingerprint density at radius 1 is 1.06 bits per heavy atom. The fourth-order valence-electron chi connectivity index (χ4n) is 1.77. The molecule has 1 atom stereocenters. The van der Waals surface area contributed by atoms with Crippen LogP contribution in [0, 0.1) is 13.8 Å². The summed E-state index contributed by atoms with van der Waals surface area (Å²) in [5, 5.41) is 0. The van der Waals surface area contributed by atoms with Crippen molar-refractivity contribution in [2.24, 2.45) is 5.84 Å². The molecular formula is C14H18N4. The van der Waals surface area contributed by atoms with Crippen LogP contribution in [0.1, 0.15) is 28.6 Å². The lowest BCUT2D eigenvalue weighted by molar-refractivity contribution is 0.522. The predicted molar refractivity (Wildman–Crippen MR) is 71.7 cm³/mol. The highest BCUT2D eigenvalue weighted by Gasteiger charge is 2.13. The van der Waals surface area contributed by atoms with E-state index in [0.717, 1.165) is 17.8 Å². The van der Waals surface area contributed by atoms with Gasteiger partial charge in [-0.1, -0.05) is 29.8 Å². The lowest BCUT2D eigenvalue weighted by Gasteiger charge is -2.14. The molecule has 0 spiro atoms. The number of hydrazine groups is 1. The van der Waals surface area contributed by atoms with Gasteiger partial charge in [0.2, 0.25) is 0 Å². The van der Waals surface area contributed by atoms with Gasteiger partial charge in [-0.05, 0) is 31.4 Å². The van der Waals surface area contributed by atoms with E-state index in [9.17, 15) is 0 Å². The summed E-state index contributed by atoms with van der Waals surface area (Å²) in [7, 11) is 0. The second-order valence-electron chi connectivity index (χ2n) is 4.53. The van der Waals surface area contributed by atoms with Crippen LogP contribution in [0.4, 0.5) is 0 Å². The Balaban J connectivity index is 2.14. The number of nitrogens with zero attached hydrogens (tertiary/aromatic N) is 2. The Labute approximate surface area is 107 Å². The van der Waals surface area contributed by atoms with Gasteiger partial charge in [0, 0.05) is 12.4 Å². The van der Waals surface area contributed by atoms with Crippen LogP contribution in [0.25, 0.3) is 0 Å². The molecule has 0 aliphatic rings. The molecule has 3 N–H and O–H groups in total. The summed E-state index contributed by atoms with van der Waals surface area (Å²) >= 11 is 0. The number of benzene rings is 1. The van der Waals surface area contributed by atoms with Crippen LogP contribution in [-0.4, -0.2) is 9.97 Å². The molecule has 94 valence electrons. The first-order valence-electron chi connectivity index (χ1n) is 5.99. The first-order valence-corrected chi connectivity index (χ1v) is 5.99. The summed E-state index contributed by atoms with van der Waals surface area (Å²) in [6.07, 6.45) is 4.39. The van der Waals surface area contributed by atoms with Gasteiger partial charge in [-0.15, -0.1) is 0 Å². The maximum atomic E-state index is 5.59. The molecule has 18 heavy (non-hydrogen) atoms. The van der Waals surface area contributed by atoms with E-state index in [-0.39, 0.29) is 6.04 Å². The minimum atomic E-state index is -0.0618. The molecule has 0 bridgehead atoms. The van der Waals surface area contributed by atoms with Crippen molar-refractivity contribution in [3.63, 3.8) is 0 Å². The molecule has 1 heterocycles. The third-order valence-corrected chi connectivity index (χ3v) is 2.87. The van der Waals surface area contributed by atoms with Crippen LogP contribution in [-0.2, 0) is 6.42 Å². The van der Waals surface area contributed by atoms with Crippen LogP contribution >= 0.6 is 0 Å². The van der Waals surface area contributed by atoms with Crippen molar-refractivity contribution < 1.29 is 0 Å². The van der Waals surface area contributed by atoms with E-state index in [1.165, 1.54) is 11.1 Å². The number of hydrogen-bond acceptors (Lipinski definition) is 4. The Hall–Kier alpha value is -1.78. The number of nitrogens with one attached hydrogen (secondary N) is 1. The average molecular weight is 242 g/mol. The molecule has 1 aromatic heterocycles. The SMILES string of the molecule is Cc1ccc(CC(NN)c2ncc(C)cn2)cc1. The zero-order valence-electron chi connectivity index (χ0n) is 10.7. The molecule has 0 amide bonds. The van der Waals surface area contributed by atoms with Crippen molar-refractivity contribution in [3.05, 3.63) is 59.2 Å². The Bertz CT molecular complexity index is 490. The summed E-state index contributed by atoms with van der Waals surface area (Å²) in [5.41, 5.74) is 6.29. The van der Waals surface area contributed by atoms with Crippen LogP contribution < -0.4 is 11.3 Å². The maximum absolute atomic E-state index is 5.59. The van der Waals surface area contributed by atoms with Gasteiger partial charge in [0.05, 0.1) is 6.04 Å². The summed E-state index contributed by atoms with van der Waals surface area (Å²) in [6, 6.07) is 8.34. The number of nitrogens with two attached hydrogens (primary N) is 1. The van der Waals surface area contributed by atoms with Crippen LogP contribution in [0.15, 0.2) is 36.7 Å². The normalized spacial score (nSPS) is 12.4. The van der Waals surface area contributed by atoms with Gasteiger partial charge in [0.15, 0.2) is 0 Å². The third-order valence-electron chi connectivity index (χ3n) is 2.87. The molecule has 0 saturated heterocycles. The van der Waals surface area contributed by atoms with Crippen LogP contribution in [0.2, 0.25) is 0 Å². The first-order chi connectivity index (χ1) is 8.69. The van der Waals surface area contributed by atoms with E-state index in [4.69, 9.17) is 5.84 Å². The fourth-order valence-corrected chi connectivity index (χ4v) is 1.77. The van der Waals surface area contributed by atoms with E-state index in [1.54, 1.807) is 0 Å². The molecule has 0 aliphatic carbocycles. The van der Waals surface area contributed by atoms with Crippen molar-refractivity contribution in [1.29, 1.82) is 0 Å². The highest BCUT2D eigenvalue weighted by Crippen LogP contribution is 2.14. The van der Waals surface area contributed by atoms with Crippen molar-refractivity contribution >= 4 is 0 Å². The van der Waals surface area contributed by atoms with Gasteiger partial charge in [0.1, 0.15) is 5.82 Å². The summed E-state index contributed by atoms with van der Waals surface area (Å²) in [6.45, 7) is 4.04. The van der Waals surface area contributed by atoms with Gasteiger partial charge >= 0.3 is 0 Å². The van der Waals surface area contributed by atoms with E-state index in [1.807, 2.05) is 19.3 Å². The Morgan fingerprint density at radius 2 is 1.67 bits per heavy atom. The lowest BCUT2D eigenvalue weighted by Crippen LogP contribution is -2.31. The second-order valence-corrected chi connectivity index (χ2v) is 4.53. The monoisotopic (exact) mass is 242 g/mol. The fraction of sp³-hybridized carbons (Fsp3) is 0.286. The molecule has 4 heteroatoms. The summed E-state index contributed by atoms with van der Waals surface area (Å²) < 4.78 is 0.